The van der Waals surface area contributed by atoms with E-state index in [1.807, 2.05) is 37.3 Å². The molecule has 1 aliphatic heterocycles. The van der Waals surface area contributed by atoms with Crippen molar-refractivity contribution in [2.45, 2.75) is 36.8 Å². The van der Waals surface area contributed by atoms with Crippen LogP contribution in [0.1, 0.15) is 41.7 Å². The van der Waals surface area contributed by atoms with Gasteiger partial charge in [-0.25, -0.2) is 13.1 Å². The molecule has 150 valence electrons. The summed E-state index contributed by atoms with van der Waals surface area (Å²) < 4.78 is 33.3. The number of carbonyl (C=O) groups excluding carboxylic acids is 1. The Morgan fingerprint density at radius 1 is 1.25 bits per heavy atom. The van der Waals surface area contributed by atoms with Crippen molar-refractivity contribution in [3.05, 3.63) is 64.7 Å². The first kappa shape index (κ1) is 20.8. The Hall–Kier alpha value is -1.93. The lowest BCUT2D eigenvalue weighted by molar-refractivity contribution is 0.0939. The summed E-state index contributed by atoms with van der Waals surface area (Å²) in [5.74, 6) is -0.372. The van der Waals surface area contributed by atoms with Crippen LogP contribution in [0.3, 0.4) is 0 Å². The molecule has 0 spiro atoms. The zero-order valence-corrected chi connectivity index (χ0v) is 17.1. The first-order valence-corrected chi connectivity index (χ1v) is 11.0. The van der Waals surface area contributed by atoms with Crippen LogP contribution in [-0.2, 0) is 14.8 Å². The quantitative estimate of drug-likeness (QED) is 0.717. The number of rotatable bonds is 7. The largest absolute Gasteiger partial charge is 0.377 e. The zero-order valence-electron chi connectivity index (χ0n) is 15.5. The number of hydrogen-bond donors (Lipinski definition) is 2. The lowest BCUT2D eigenvalue weighted by Crippen LogP contribution is -2.32. The average Bonchev–Trinajstić information content (AvgIpc) is 3.21. The lowest BCUT2D eigenvalue weighted by Gasteiger charge is -2.16. The molecule has 2 N–H and O–H groups in total. The van der Waals surface area contributed by atoms with E-state index in [9.17, 15) is 13.2 Å². The van der Waals surface area contributed by atoms with E-state index in [2.05, 4.69) is 10.0 Å². The van der Waals surface area contributed by atoms with E-state index in [0.717, 1.165) is 18.4 Å². The van der Waals surface area contributed by atoms with Crippen LogP contribution in [0, 0.1) is 0 Å². The molecule has 8 heteroatoms. The molecule has 28 heavy (non-hydrogen) atoms. The van der Waals surface area contributed by atoms with Crippen LogP contribution in [0.5, 0.6) is 0 Å². The molecule has 1 heterocycles. The van der Waals surface area contributed by atoms with E-state index in [-0.39, 0.29) is 40.1 Å². The van der Waals surface area contributed by atoms with Gasteiger partial charge in [0.05, 0.1) is 17.2 Å². The van der Waals surface area contributed by atoms with Gasteiger partial charge in [0.25, 0.3) is 5.91 Å². The molecule has 6 nitrogen and oxygen atoms in total. The number of nitrogens with one attached hydrogen (secondary N) is 2. The molecule has 0 aliphatic carbocycles. The third-order valence-electron chi connectivity index (χ3n) is 4.66. The third kappa shape index (κ3) is 5.11. The summed E-state index contributed by atoms with van der Waals surface area (Å²) in [4.78, 5) is 12.5. The van der Waals surface area contributed by atoms with Crippen LogP contribution in [0.25, 0.3) is 0 Å². The summed E-state index contributed by atoms with van der Waals surface area (Å²) in [5, 5.41) is 2.93. The van der Waals surface area contributed by atoms with Gasteiger partial charge in [-0.05, 0) is 43.5 Å². The molecule has 0 bridgehead atoms. The molecule has 1 amide bonds. The monoisotopic (exact) mass is 422 g/mol. The van der Waals surface area contributed by atoms with Gasteiger partial charge < -0.3 is 10.1 Å². The summed E-state index contributed by atoms with van der Waals surface area (Å²) in [6.07, 6.45) is 1.60. The lowest BCUT2D eigenvalue weighted by atomic mass is 10.1. The van der Waals surface area contributed by atoms with Crippen molar-refractivity contribution in [1.82, 2.24) is 10.0 Å². The Morgan fingerprint density at radius 3 is 2.68 bits per heavy atom. The van der Waals surface area contributed by atoms with Crippen molar-refractivity contribution in [1.29, 1.82) is 0 Å². The fraction of sp³-hybridized carbons (Fsp3) is 0.350. The highest BCUT2D eigenvalue weighted by Crippen LogP contribution is 2.24. The second-order valence-corrected chi connectivity index (χ2v) is 8.88. The summed E-state index contributed by atoms with van der Waals surface area (Å²) in [5.41, 5.74) is 1.18. The summed E-state index contributed by atoms with van der Waals surface area (Å²) in [6.45, 7) is 2.69. The fourth-order valence-electron chi connectivity index (χ4n) is 3.04. The van der Waals surface area contributed by atoms with Crippen LogP contribution in [0.4, 0.5) is 0 Å². The van der Waals surface area contributed by atoms with Crippen molar-refractivity contribution in [2.75, 3.05) is 13.2 Å². The van der Waals surface area contributed by atoms with Gasteiger partial charge in [0, 0.05) is 18.7 Å². The standard InChI is InChI=1S/C20H23ClN2O4S/c1-14(15-6-3-2-4-7-15)23-20(24)16-9-10-18(21)19(12-16)28(25,26)22-13-17-8-5-11-27-17/h2-4,6-7,9-10,12,14,17,22H,5,8,11,13H2,1H3,(H,23,24)/t14-,17-/m1/s1. The number of halogens is 1. The van der Waals surface area contributed by atoms with Crippen LogP contribution >= 0.6 is 11.6 Å². The highest BCUT2D eigenvalue weighted by molar-refractivity contribution is 7.89. The van der Waals surface area contributed by atoms with E-state index >= 15 is 0 Å². The van der Waals surface area contributed by atoms with Gasteiger partial charge in [-0.1, -0.05) is 41.9 Å². The minimum absolute atomic E-state index is 0.0625. The molecule has 1 saturated heterocycles. The predicted octanol–water partition coefficient (Wildman–Crippen LogP) is 3.29. The Morgan fingerprint density at radius 2 is 2.00 bits per heavy atom. The Balaban J connectivity index is 1.73. The van der Waals surface area contributed by atoms with E-state index in [4.69, 9.17) is 16.3 Å². The maximum Gasteiger partial charge on any atom is 0.251 e. The van der Waals surface area contributed by atoms with Crippen molar-refractivity contribution in [3.8, 4) is 0 Å². The van der Waals surface area contributed by atoms with Crippen LogP contribution in [0.2, 0.25) is 5.02 Å². The second-order valence-electron chi connectivity index (χ2n) is 6.74. The average molecular weight is 423 g/mol. The number of benzene rings is 2. The molecule has 3 rings (SSSR count). The molecule has 2 aromatic carbocycles. The smallest absolute Gasteiger partial charge is 0.251 e. The predicted molar refractivity (Wildman–Crippen MR) is 108 cm³/mol. The molecular formula is C20H23ClN2O4S. The van der Waals surface area contributed by atoms with Crippen molar-refractivity contribution < 1.29 is 17.9 Å². The van der Waals surface area contributed by atoms with E-state index in [1.165, 1.54) is 18.2 Å². The fourth-order valence-corrected chi connectivity index (χ4v) is 4.63. The van der Waals surface area contributed by atoms with Crippen molar-refractivity contribution in [3.63, 3.8) is 0 Å². The molecule has 1 fully saturated rings. The van der Waals surface area contributed by atoms with Crippen molar-refractivity contribution in [2.24, 2.45) is 0 Å². The highest BCUT2D eigenvalue weighted by Gasteiger charge is 2.23. The molecular weight excluding hydrogens is 400 g/mol. The Bertz CT molecular complexity index is 928. The molecule has 0 saturated carbocycles. The minimum atomic E-state index is -3.86. The normalized spacial score (nSPS) is 18.0. The van der Waals surface area contributed by atoms with Crippen molar-refractivity contribution >= 4 is 27.5 Å². The first-order chi connectivity index (χ1) is 13.4. The SMILES string of the molecule is C[C@@H](NC(=O)c1ccc(Cl)c(S(=O)(=O)NC[C@H]2CCCO2)c1)c1ccccc1. The number of hydrogen-bond acceptors (Lipinski definition) is 4. The number of amides is 1. The molecule has 1 aliphatic rings. The van der Waals surface area contributed by atoms with E-state index < -0.39 is 10.0 Å². The third-order valence-corrected chi connectivity index (χ3v) is 6.56. The van der Waals surface area contributed by atoms with Gasteiger partial charge in [-0.15, -0.1) is 0 Å². The molecule has 0 aromatic heterocycles. The second kappa shape index (κ2) is 9.05. The topological polar surface area (TPSA) is 84.5 Å². The maximum absolute atomic E-state index is 12.6. The zero-order chi connectivity index (χ0) is 20.1. The minimum Gasteiger partial charge on any atom is -0.377 e. The Labute approximate surface area is 170 Å². The summed E-state index contributed by atoms with van der Waals surface area (Å²) in [6, 6.07) is 13.5. The van der Waals surface area contributed by atoms with E-state index in [1.54, 1.807) is 0 Å². The molecule has 2 atom stereocenters. The number of ether oxygens (including phenoxy) is 1. The number of carbonyl (C=O) groups is 1. The van der Waals surface area contributed by atoms with Gasteiger partial charge in [0.15, 0.2) is 0 Å². The summed E-state index contributed by atoms with van der Waals surface area (Å²) in [7, 11) is -3.86. The van der Waals surface area contributed by atoms with Gasteiger partial charge in [-0.3, -0.25) is 4.79 Å². The van der Waals surface area contributed by atoms with Gasteiger partial charge in [-0.2, -0.15) is 0 Å². The number of sulfonamides is 1. The molecule has 0 unspecified atom stereocenters. The first-order valence-electron chi connectivity index (χ1n) is 9.13. The highest BCUT2D eigenvalue weighted by atomic mass is 35.5. The van der Waals surface area contributed by atoms with Gasteiger partial charge in [0.2, 0.25) is 10.0 Å². The van der Waals surface area contributed by atoms with E-state index in [0.29, 0.717) is 6.61 Å². The van der Waals surface area contributed by atoms with Crippen LogP contribution < -0.4 is 10.0 Å². The molecule has 2 aromatic rings. The van der Waals surface area contributed by atoms with Gasteiger partial charge >= 0.3 is 0 Å². The Kier molecular flexibility index (Phi) is 6.72. The molecule has 0 radical (unpaired) electrons. The van der Waals surface area contributed by atoms with Crippen LogP contribution in [-0.4, -0.2) is 33.6 Å². The summed E-state index contributed by atoms with van der Waals surface area (Å²) >= 11 is 6.10. The van der Waals surface area contributed by atoms with Crippen LogP contribution in [0.15, 0.2) is 53.4 Å². The van der Waals surface area contributed by atoms with Gasteiger partial charge in [0.1, 0.15) is 4.90 Å². The maximum atomic E-state index is 12.6.